The lowest BCUT2D eigenvalue weighted by Gasteiger charge is -2.07. The van der Waals surface area contributed by atoms with Gasteiger partial charge < -0.3 is 10.1 Å². The average molecular weight is 241 g/mol. The van der Waals surface area contributed by atoms with Gasteiger partial charge in [0.1, 0.15) is 0 Å². The Hall–Kier alpha value is -1.01. The second kappa shape index (κ2) is 5.36. The van der Waals surface area contributed by atoms with E-state index in [9.17, 15) is 4.79 Å². The van der Waals surface area contributed by atoms with E-state index < -0.39 is 0 Å². The Balaban J connectivity index is 1.73. The van der Waals surface area contributed by atoms with Crippen molar-refractivity contribution in [1.29, 1.82) is 0 Å². The summed E-state index contributed by atoms with van der Waals surface area (Å²) in [4.78, 5) is 12.6. The second-order valence-corrected chi connectivity index (χ2v) is 4.83. The Kier molecular flexibility index (Phi) is 3.84. The molecule has 0 radical (unpaired) electrons. The lowest BCUT2D eigenvalue weighted by molar-refractivity contribution is -0.122. The molecule has 1 aromatic heterocycles. The van der Waals surface area contributed by atoms with Crippen molar-refractivity contribution in [3.05, 3.63) is 10.6 Å². The van der Waals surface area contributed by atoms with Gasteiger partial charge in [-0.05, 0) is 30.8 Å². The van der Waals surface area contributed by atoms with E-state index in [-0.39, 0.29) is 5.91 Å². The fourth-order valence-electron chi connectivity index (χ4n) is 1.67. The van der Waals surface area contributed by atoms with Gasteiger partial charge in [-0.25, -0.2) is 0 Å². The number of carbonyl (C=O) groups excluding carboxylic acids is 1. The molecule has 1 aromatic rings. The van der Waals surface area contributed by atoms with Gasteiger partial charge in [0.15, 0.2) is 0 Å². The van der Waals surface area contributed by atoms with Crippen LogP contribution in [0.5, 0.6) is 0 Å². The first kappa shape index (κ1) is 11.5. The largest absolute Gasteiger partial charge is 0.381 e. The minimum Gasteiger partial charge on any atom is -0.381 e. The van der Waals surface area contributed by atoms with Crippen molar-refractivity contribution in [1.82, 2.24) is 14.9 Å². The molecule has 1 aliphatic heterocycles. The zero-order valence-corrected chi connectivity index (χ0v) is 10.0. The first-order valence-electron chi connectivity index (χ1n) is 5.38. The highest BCUT2D eigenvalue weighted by Crippen LogP contribution is 2.16. The molecular weight excluding hydrogens is 226 g/mol. The summed E-state index contributed by atoms with van der Waals surface area (Å²) < 4.78 is 9.05. The highest BCUT2D eigenvalue weighted by atomic mass is 32.1. The molecule has 0 saturated carbocycles. The maximum absolute atomic E-state index is 11.6. The Morgan fingerprint density at radius 3 is 3.19 bits per heavy atom. The summed E-state index contributed by atoms with van der Waals surface area (Å²) in [5, 5.41) is 6.78. The first-order valence-corrected chi connectivity index (χ1v) is 6.15. The summed E-state index contributed by atoms with van der Waals surface area (Å²) in [7, 11) is 0. The number of amides is 1. The summed E-state index contributed by atoms with van der Waals surface area (Å²) >= 11 is 1.33. The number of nitrogens with one attached hydrogen (secondary N) is 1. The summed E-state index contributed by atoms with van der Waals surface area (Å²) in [6.07, 6.45) is 1.56. The van der Waals surface area contributed by atoms with Gasteiger partial charge in [0.25, 0.3) is 0 Å². The third-order valence-corrected chi connectivity index (χ3v) is 3.51. The van der Waals surface area contributed by atoms with Crippen LogP contribution < -0.4 is 5.32 Å². The van der Waals surface area contributed by atoms with Crippen LogP contribution in [0.15, 0.2) is 0 Å². The van der Waals surface area contributed by atoms with E-state index in [1.807, 2.05) is 6.92 Å². The van der Waals surface area contributed by atoms with E-state index in [1.165, 1.54) is 11.5 Å². The van der Waals surface area contributed by atoms with Crippen LogP contribution in [0.3, 0.4) is 0 Å². The molecule has 1 N–H and O–H groups in total. The molecule has 1 saturated heterocycles. The molecule has 1 aliphatic rings. The minimum absolute atomic E-state index is 0.0864. The van der Waals surface area contributed by atoms with Crippen LogP contribution in [0.1, 0.15) is 23.4 Å². The summed E-state index contributed by atoms with van der Waals surface area (Å²) in [6.45, 7) is 3.94. The van der Waals surface area contributed by atoms with Crippen molar-refractivity contribution < 1.29 is 9.53 Å². The normalized spacial score (nSPS) is 19.9. The van der Waals surface area contributed by atoms with E-state index in [0.29, 0.717) is 25.5 Å². The smallest absolute Gasteiger partial charge is 0.220 e. The van der Waals surface area contributed by atoms with Gasteiger partial charge in [0, 0.05) is 19.6 Å². The average Bonchev–Trinajstić information content (AvgIpc) is 2.87. The molecule has 0 bridgehead atoms. The van der Waals surface area contributed by atoms with Crippen LogP contribution in [-0.4, -0.2) is 28.7 Å². The lowest BCUT2D eigenvalue weighted by Crippen LogP contribution is -2.25. The molecule has 1 amide bonds. The third-order valence-electron chi connectivity index (χ3n) is 2.69. The van der Waals surface area contributed by atoms with Crippen molar-refractivity contribution in [2.75, 3.05) is 13.2 Å². The molecule has 16 heavy (non-hydrogen) atoms. The molecule has 0 aromatic carbocycles. The molecule has 1 atom stereocenters. The van der Waals surface area contributed by atoms with Crippen LogP contribution in [0, 0.1) is 12.8 Å². The highest BCUT2D eigenvalue weighted by molar-refractivity contribution is 7.05. The molecule has 2 rings (SSSR count). The van der Waals surface area contributed by atoms with Gasteiger partial charge in [0.2, 0.25) is 5.91 Å². The summed E-state index contributed by atoms with van der Waals surface area (Å²) in [6, 6.07) is 0. The molecule has 0 spiro atoms. The van der Waals surface area contributed by atoms with Crippen LogP contribution in [0.25, 0.3) is 0 Å². The predicted molar refractivity (Wildman–Crippen MR) is 60.0 cm³/mol. The van der Waals surface area contributed by atoms with E-state index in [1.54, 1.807) is 0 Å². The number of nitrogens with zero attached hydrogens (tertiary/aromatic N) is 2. The Morgan fingerprint density at radius 1 is 1.69 bits per heavy atom. The second-order valence-electron chi connectivity index (χ2n) is 3.99. The highest BCUT2D eigenvalue weighted by Gasteiger charge is 2.19. The number of aryl methyl sites for hydroxylation is 1. The van der Waals surface area contributed by atoms with Crippen molar-refractivity contribution >= 4 is 17.4 Å². The Labute approximate surface area is 98.4 Å². The quantitative estimate of drug-likeness (QED) is 0.850. The molecule has 5 nitrogen and oxygen atoms in total. The number of rotatable bonds is 4. The van der Waals surface area contributed by atoms with Crippen LogP contribution >= 0.6 is 11.5 Å². The molecule has 88 valence electrons. The summed E-state index contributed by atoms with van der Waals surface area (Å²) in [5.74, 6) is 0.476. The Bertz CT molecular complexity index is 361. The van der Waals surface area contributed by atoms with E-state index in [2.05, 4.69) is 14.9 Å². The van der Waals surface area contributed by atoms with Gasteiger partial charge in [-0.3, -0.25) is 4.79 Å². The SMILES string of the molecule is Cc1nnsc1CNC(=O)C[C@H]1CCOC1. The minimum atomic E-state index is 0.0864. The van der Waals surface area contributed by atoms with Gasteiger partial charge >= 0.3 is 0 Å². The maximum Gasteiger partial charge on any atom is 0.220 e. The van der Waals surface area contributed by atoms with Gasteiger partial charge in [-0.2, -0.15) is 0 Å². The number of ether oxygens (including phenoxy) is 1. The fourth-order valence-corrected chi connectivity index (χ4v) is 2.24. The monoisotopic (exact) mass is 241 g/mol. The van der Waals surface area contributed by atoms with Gasteiger partial charge in [0.05, 0.1) is 17.1 Å². The molecule has 2 heterocycles. The topological polar surface area (TPSA) is 64.1 Å². The molecule has 0 unspecified atom stereocenters. The van der Waals surface area contributed by atoms with Crippen molar-refractivity contribution in [3.8, 4) is 0 Å². The number of carbonyl (C=O) groups is 1. The molecule has 1 fully saturated rings. The first-order chi connectivity index (χ1) is 7.75. The van der Waals surface area contributed by atoms with Crippen LogP contribution in [0.2, 0.25) is 0 Å². The van der Waals surface area contributed by atoms with Crippen molar-refractivity contribution in [2.45, 2.75) is 26.3 Å². The van der Waals surface area contributed by atoms with E-state index >= 15 is 0 Å². The standard InChI is InChI=1S/C10H15N3O2S/c1-7-9(16-13-12-7)5-11-10(14)4-8-2-3-15-6-8/h8H,2-6H2,1H3,(H,11,14)/t8-/m1/s1. The number of hydrogen-bond donors (Lipinski definition) is 1. The lowest BCUT2D eigenvalue weighted by atomic mass is 10.1. The van der Waals surface area contributed by atoms with Gasteiger partial charge in [-0.1, -0.05) is 4.49 Å². The molecular formula is C10H15N3O2S. The van der Waals surface area contributed by atoms with Crippen molar-refractivity contribution in [3.63, 3.8) is 0 Å². The Morgan fingerprint density at radius 2 is 2.56 bits per heavy atom. The zero-order chi connectivity index (χ0) is 11.4. The third kappa shape index (κ3) is 2.99. The molecule has 0 aliphatic carbocycles. The molecule has 6 heteroatoms. The fraction of sp³-hybridized carbons (Fsp3) is 0.700. The van der Waals surface area contributed by atoms with Gasteiger partial charge in [-0.15, -0.1) is 5.10 Å². The number of hydrogen-bond acceptors (Lipinski definition) is 5. The maximum atomic E-state index is 11.6. The van der Waals surface area contributed by atoms with E-state index in [0.717, 1.165) is 23.6 Å². The van der Waals surface area contributed by atoms with Crippen LogP contribution in [0.4, 0.5) is 0 Å². The summed E-state index contributed by atoms with van der Waals surface area (Å²) in [5.41, 5.74) is 0.898. The number of aromatic nitrogens is 2. The van der Waals surface area contributed by atoms with E-state index in [4.69, 9.17) is 4.74 Å². The zero-order valence-electron chi connectivity index (χ0n) is 9.23. The predicted octanol–water partition coefficient (Wildman–Crippen LogP) is 0.889. The van der Waals surface area contributed by atoms with Crippen LogP contribution in [-0.2, 0) is 16.1 Å². The van der Waals surface area contributed by atoms with Crippen molar-refractivity contribution in [2.24, 2.45) is 5.92 Å².